The number of rotatable bonds is 3. The lowest BCUT2D eigenvalue weighted by molar-refractivity contribution is 0.420. The zero-order valence-electron chi connectivity index (χ0n) is 11.1. The number of benzene rings is 1. The Morgan fingerprint density at radius 1 is 1.39 bits per heavy atom. The van der Waals surface area contributed by atoms with Gasteiger partial charge in [0.1, 0.15) is 5.75 Å². The molecule has 1 aromatic heterocycles. The second-order valence-corrected chi connectivity index (χ2v) is 4.99. The summed E-state index contributed by atoms with van der Waals surface area (Å²) in [6.45, 7) is 4.21. The summed E-state index contributed by atoms with van der Waals surface area (Å²) >= 11 is 3.57. The molecule has 0 amide bonds. The van der Waals surface area contributed by atoms with Crippen molar-refractivity contribution in [1.29, 1.82) is 0 Å². The molecule has 0 aliphatic rings. The molecule has 0 atom stereocenters. The van der Waals surface area contributed by atoms with Crippen molar-refractivity contribution in [1.82, 2.24) is 4.98 Å². The van der Waals surface area contributed by atoms with Crippen LogP contribution in [0.4, 0.5) is 5.69 Å². The van der Waals surface area contributed by atoms with Gasteiger partial charge < -0.3 is 10.1 Å². The molecule has 4 heteroatoms. The highest BCUT2D eigenvalue weighted by Crippen LogP contribution is 2.38. The molecule has 0 radical (unpaired) electrons. The topological polar surface area (TPSA) is 34.1 Å². The summed E-state index contributed by atoms with van der Waals surface area (Å²) in [6, 6.07) is 3.93. The van der Waals surface area contributed by atoms with Gasteiger partial charge in [-0.05, 0) is 47.0 Å². The minimum atomic E-state index is 0.843. The third-order valence-electron chi connectivity index (χ3n) is 3.20. The molecule has 2 aromatic rings. The molecule has 0 bridgehead atoms. The Balaban J connectivity index is 2.96. The first-order valence-electron chi connectivity index (χ1n) is 5.97. The number of fused-ring (bicyclic) bond motifs is 1. The van der Waals surface area contributed by atoms with E-state index in [1.807, 2.05) is 19.2 Å². The normalized spacial score (nSPS) is 10.7. The number of anilines is 1. The highest BCUT2D eigenvalue weighted by Gasteiger charge is 2.15. The fourth-order valence-corrected chi connectivity index (χ4v) is 2.69. The minimum Gasteiger partial charge on any atom is -0.496 e. The summed E-state index contributed by atoms with van der Waals surface area (Å²) < 4.78 is 6.44. The molecule has 96 valence electrons. The second-order valence-electron chi connectivity index (χ2n) is 4.14. The smallest absolute Gasteiger partial charge is 0.130 e. The van der Waals surface area contributed by atoms with Gasteiger partial charge in [-0.15, -0.1) is 0 Å². The summed E-state index contributed by atoms with van der Waals surface area (Å²) in [7, 11) is 3.62. The Morgan fingerprint density at radius 2 is 2.11 bits per heavy atom. The molecule has 0 saturated carbocycles. The molecule has 0 saturated heterocycles. The Morgan fingerprint density at radius 3 is 2.67 bits per heavy atom. The summed E-state index contributed by atoms with van der Waals surface area (Å²) in [5.74, 6) is 0.843. The summed E-state index contributed by atoms with van der Waals surface area (Å²) in [5, 5.41) is 4.31. The van der Waals surface area contributed by atoms with Gasteiger partial charge in [-0.25, -0.2) is 0 Å². The number of ether oxygens (including phenoxy) is 1. The molecular weight excluding hydrogens is 292 g/mol. The van der Waals surface area contributed by atoms with Crippen molar-refractivity contribution in [3.8, 4) is 5.75 Å². The summed E-state index contributed by atoms with van der Waals surface area (Å²) in [4.78, 5) is 4.74. The third-order valence-corrected chi connectivity index (χ3v) is 3.84. The van der Waals surface area contributed by atoms with Crippen molar-refractivity contribution >= 4 is 32.5 Å². The summed E-state index contributed by atoms with van der Waals surface area (Å²) in [5.41, 5.74) is 4.33. The van der Waals surface area contributed by atoms with E-state index in [1.165, 1.54) is 5.56 Å². The average molecular weight is 309 g/mol. The molecule has 0 aliphatic carbocycles. The van der Waals surface area contributed by atoms with Crippen LogP contribution in [0.15, 0.2) is 16.6 Å². The summed E-state index contributed by atoms with van der Waals surface area (Å²) in [6.07, 6.45) is 0.917. The first-order chi connectivity index (χ1) is 8.63. The van der Waals surface area contributed by atoms with Gasteiger partial charge in [-0.1, -0.05) is 6.92 Å². The van der Waals surface area contributed by atoms with Crippen molar-refractivity contribution in [3.63, 3.8) is 0 Å². The lowest BCUT2D eigenvalue weighted by Gasteiger charge is -2.16. The van der Waals surface area contributed by atoms with Gasteiger partial charge in [0, 0.05) is 17.2 Å². The molecular formula is C14H17BrN2O. The van der Waals surface area contributed by atoms with E-state index in [1.54, 1.807) is 7.11 Å². The number of nitrogens with one attached hydrogen (secondary N) is 1. The molecule has 0 spiro atoms. The predicted molar refractivity (Wildman–Crippen MR) is 79.7 cm³/mol. The molecule has 0 unspecified atom stereocenters. The van der Waals surface area contributed by atoms with Crippen molar-refractivity contribution in [2.24, 2.45) is 0 Å². The highest BCUT2D eigenvalue weighted by atomic mass is 79.9. The molecule has 0 fully saturated rings. The quantitative estimate of drug-likeness (QED) is 0.933. The standard InChI is InChI=1S/C14H17BrN2O/c1-5-10-8(2)13(16-3)12-11(18-4)7-6-9(15)14(12)17-10/h6-7H,5H2,1-4H3,(H,16,17). The van der Waals surface area contributed by atoms with Crippen molar-refractivity contribution in [2.75, 3.05) is 19.5 Å². The van der Waals surface area contributed by atoms with Crippen molar-refractivity contribution in [2.45, 2.75) is 20.3 Å². The van der Waals surface area contributed by atoms with Gasteiger partial charge in [0.15, 0.2) is 0 Å². The van der Waals surface area contributed by atoms with Crippen molar-refractivity contribution < 1.29 is 4.74 Å². The fraction of sp³-hybridized carbons (Fsp3) is 0.357. The van der Waals surface area contributed by atoms with Crippen LogP contribution < -0.4 is 10.1 Å². The van der Waals surface area contributed by atoms with Crippen LogP contribution >= 0.6 is 15.9 Å². The average Bonchev–Trinajstić information content (AvgIpc) is 2.39. The SMILES string of the molecule is CCc1nc2c(Br)ccc(OC)c2c(NC)c1C. The van der Waals surface area contributed by atoms with Gasteiger partial charge in [0.2, 0.25) is 0 Å². The van der Waals surface area contributed by atoms with E-state index in [4.69, 9.17) is 9.72 Å². The number of hydrogen-bond donors (Lipinski definition) is 1. The Bertz CT molecular complexity index is 596. The van der Waals surface area contributed by atoms with Crippen LogP contribution in [0.5, 0.6) is 5.75 Å². The van der Waals surface area contributed by atoms with E-state index < -0.39 is 0 Å². The Hall–Kier alpha value is -1.29. The van der Waals surface area contributed by atoms with Gasteiger partial charge >= 0.3 is 0 Å². The monoisotopic (exact) mass is 308 g/mol. The third kappa shape index (κ3) is 1.94. The predicted octanol–water partition coefficient (Wildman–Crippen LogP) is 3.92. The molecule has 2 rings (SSSR count). The maximum atomic E-state index is 5.45. The lowest BCUT2D eigenvalue weighted by Crippen LogP contribution is -2.02. The first kappa shape index (κ1) is 13.1. The van der Waals surface area contributed by atoms with Crippen molar-refractivity contribution in [3.05, 3.63) is 27.9 Å². The molecule has 18 heavy (non-hydrogen) atoms. The number of hydrogen-bond acceptors (Lipinski definition) is 3. The van der Waals surface area contributed by atoms with E-state index in [0.717, 1.165) is 38.9 Å². The van der Waals surface area contributed by atoms with Gasteiger partial charge in [-0.2, -0.15) is 0 Å². The maximum absolute atomic E-state index is 5.45. The van der Waals surface area contributed by atoms with E-state index in [9.17, 15) is 0 Å². The van der Waals surface area contributed by atoms with Crippen LogP contribution in [0.1, 0.15) is 18.2 Å². The maximum Gasteiger partial charge on any atom is 0.130 e. The fourth-order valence-electron chi connectivity index (χ4n) is 2.28. The zero-order valence-corrected chi connectivity index (χ0v) is 12.7. The van der Waals surface area contributed by atoms with Crippen LogP contribution in [0.2, 0.25) is 0 Å². The van der Waals surface area contributed by atoms with Gasteiger partial charge in [0.05, 0.1) is 23.7 Å². The number of aromatic nitrogens is 1. The number of aryl methyl sites for hydroxylation is 1. The van der Waals surface area contributed by atoms with E-state index in [0.29, 0.717) is 0 Å². The minimum absolute atomic E-state index is 0.843. The highest BCUT2D eigenvalue weighted by molar-refractivity contribution is 9.10. The lowest BCUT2D eigenvalue weighted by atomic mass is 10.0. The molecule has 1 aromatic carbocycles. The Labute approximate surface area is 116 Å². The van der Waals surface area contributed by atoms with Crippen LogP contribution in [0, 0.1) is 6.92 Å². The number of methoxy groups -OCH3 is 1. The zero-order chi connectivity index (χ0) is 13.3. The van der Waals surface area contributed by atoms with E-state index >= 15 is 0 Å². The van der Waals surface area contributed by atoms with Crippen LogP contribution in [0.25, 0.3) is 10.9 Å². The van der Waals surface area contributed by atoms with Crippen LogP contribution in [-0.2, 0) is 6.42 Å². The Kier molecular flexibility index (Phi) is 3.76. The largest absolute Gasteiger partial charge is 0.496 e. The number of nitrogens with zero attached hydrogens (tertiary/aromatic N) is 1. The molecule has 0 aliphatic heterocycles. The second kappa shape index (κ2) is 5.14. The van der Waals surface area contributed by atoms with Crippen LogP contribution in [0.3, 0.4) is 0 Å². The number of pyridine rings is 1. The first-order valence-corrected chi connectivity index (χ1v) is 6.76. The van der Waals surface area contributed by atoms with E-state index in [-0.39, 0.29) is 0 Å². The van der Waals surface area contributed by atoms with E-state index in [2.05, 4.69) is 35.1 Å². The van der Waals surface area contributed by atoms with Crippen LogP contribution in [-0.4, -0.2) is 19.1 Å². The van der Waals surface area contributed by atoms with Gasteiger partial charge in [0.25, 0.3) is 0 Å². The molecule has 1 heterocycles. The van der Waals surface area contributed by atoms with Gasteiger partial charge in [-0.3, -0.25) is 4.98 Å². The number of halogens is 1. The molecule has 3 nitrogen and oxygen atoms in total. The molecule has 1 N–H and O–H groups in total.